The minimum absolute atomic E-state index is 0.148. The van der Waals surface area contributed by atoms with Gasteiger partial charge in [0.2, 0.25) is 11.8 Å². The first-order valence-electron chi connectivity index (χ1n) is 14.0. The van der Waals surface area contributed by atoms with Crippen molar-refractivity contribution in [2.75, 3.05) is 29.9 Å². The van der Waals surface area contributed by atoms with Gasteiger partial charge in [-0.05, 0) is 75.6 Å². The number of rotatable bonds is 8. The lowest BCUT2D eigenvalue weighted by molar-refractivity contribution is -0.137. The molecule has 214 valence electrons. The van der Waals surface area contributed by atoms with Gasteiger partial charge in [0.15, 0.2) is 5.58 Å². The minimum atomic E-state index is -1.16. The zero-order chi connectivity index (χ0) is 29.5. The molecule has 5 rings (SSSR count). The highest BCUT2D eigenvalue weighted by Gasteiger charge is 2.45. The van der Waals surface area contributed by atoms with E-state index in [1.165, 1.54) is 0 Å². The van der Waals surface area contributed by atoms with E-state index in [1.807, 2.05) is 57.3 Å². The Morgan fingerprint density at radius 2 is 1.78 bits per heavy atom. The Hall–Kier alpha value is -4.24. The molecule has 1 aliphatic rings. The molecule has 1 aliphatic heterocycles. The van der Waals surface area contributed by atoms with Crippen molar-refractivity contribution in [3.8, 4) is 0 Å². The SMILES string of the molecule is CCN1C(=O)C(C)(C)C(=O)N(C)c2cc(CN(CCn3cc(C)c4ccoc4c3=O)Cc3cccnc3C)ccc21. The van der Waals surface area contributed by atoms with Crippen molar-refractivity contribution in [1.29, 1.82) is 0 Å². The van der Waals surface area contributed by atoms with E-state index in [0.717, 1.165) is 33.5 Å². The van der Waals surface area contributed by atoms with Crippen LogP contribution in [-0.2, 0) is 29.2 Å². The third kappa shape index (κ3) is 5.17. The first kappa shape index (κ1) is 28.3. The average Bonchev–Trinajstić information content (AvgIpc) is 3.45. The zero-order valence-electron chi connectivity index (χ0n) is 24.6. The number of amides is 2. The fraction of sp³-hybridized carbons (Fsp3) is 0.375. The summed E-state index contributed by atoms with van der Waals surface area (Å²) in [5, 5.41) is 0.834. The molecule has 9 heteroatoms. The van der Waals surface area contributed by atoms with Crippen LogP contribution in [0.4, 0.5) is 11.4 Å². The standard InChI is InChI=1S/C32H37N5O4/c1-7-37-26-11-10-23(17-27(26)34(6)30(39)32(4,5)31(37)40)19-35(20-24-9-8-13-33-22(24)3)14-15-36-18-21(2)25-12-16-41-28(25)29(36)38/h8-13,16-18H,7,14-15,19-20H2,1-6H3. The maximum atomic E-state index is 13.3. The summed E-state index contributed by atoms with van der Waals surface area (Å²) in [4.78, 5) is 49.7. The van der Waals surface area contributed by atoms with Crippen LogP contribution < -0.4 is 15.4 Å². The smallest absolute Gasteiger partial charge is 0.294 e. The van der Waals surface area contributed by atoms with Gasteiger partial charge in [-0.25, -0.2) is 0 Å². The van der Waals surface area contributed by atoms with Crippen molar-refractivity contribution >= 4 is 34.2 Å². The van der Waals surface area contributed by atoms with Gasteiger partial charge in [-0.3, -0.25) is 24.3 Å². The molecule has 0 atom stereocenters. The van der Waals surface area contributed by atoms with Crippen molar-refractivity contribution in [2.24, 2.45) is 5.41 Å². The molecular weight excluding hydrogens is 518 g/mol. The van der Waals surface area contributed by atoms with Gasteiger partial charge in [0.25, 0.3) is 5.56 Å². The second-order valence-corrected chi connectivity index (χ2v) is 11.3. The van der Waals surface area contributed by atoms with E-state index in [9.17, 15) is 14.4 Å². The molecule has 0 saturated heterocycles. The molecule has 0 fully saturated rings. The molecule has 0 unspecified atom stereocenters. The summed E-state index contributed by atoms with van der Waals surface area (Å²) in [6.07, 6.45) is 5.22. The molecule has 1 aromatic carbocycles. The molecule has 0 radical (unpaired) electrons. The zero-order valence-corrected chi connectivity index (χ0v) is 24.6. The molecular formula is C32H37N5O4. The Labute approximate surface area is 240 Å². The normalized spacial score (nSPS) is 15.1. The summed E-state index contributed by atoms with van der Waals surface area (Å²) in [6, 6.07) is 11.8. The van der Waals surface area contributed by atoms with E-state index < -0.39 is 5.41 Å². The van der Waals surface area contributed by atoms with E-state index in [0.29, 0.717) is 44.0 Å². The lowest BCUT2D eigenvalue weighted by Crippen LogP contribution is -2.47. The average molecular weight is 556 g/mol. The summed E-state index contributed by atoms with van der Waals surface area (Å²) in [5.74, 6) is -0.436. The number of aromatic nitrogens is 2. The monoisotopic (exact) mass is 555 g/mol. The van der Waals surface area contributed by atoms with Crippen molar-refractivity contribution < 1.29 is 14.0 Å². The third-order valence-corrected chi connectivity index (χ3v) is 8.10. The maximum absolute atomic E-state index is 13.3. The summed E-state index contributed by atoms with van der Waals surface area (Å²) in [7, 11) is 1.73. The van der Waals surface area contributed by atoms with Gasteiger partial charge in [0.05, 0.1) is 17.6 Å². The van der Waals surface area contributed by atoms with Gasteiger partial charge in [0.1, 0.15) is 5.41 Å². The number of furan rings is 1. The predicted molar refractivity (Wildman–Crippen MR) is 160 cm³/mol. The van der Waals surface area contributed by atoms with Crippen LogP contribution in [0.15, 0.2) is 64.3 Å². The molecule has 0 N–H and O–H groups in total. The van der Waals surface area contributed by atoms with E-state index in [1.54, 1.807) is 47.7 Å². The number of hydrogen-bond acceptors (Lipinski definition) is 6. The summed E-state index contributed by atoms with van der Waals surface area (Å²) in [5.41, 5.74) is 4.54. The fourth-order valence-electron chi connectivity index (χ4n) is 5.64. The minimum Gasteiger partial charge on any atom is -0.459 e. The molecule has 4 aromatic rings. The van der Waals surface area contributed by atoms with Crippen LogP contribution in [0, 0.1) is 19.3 Å². The van der Waals surface area contributed by atoms with E-state index in [4.69, 9.17) is 4.42 Å². The summed E-state index contributed by atoms with van der Waals surface area (Å²) in [6.45, 7) is 12.0. The second-order valence-electron chi connectivity index (χ2n) is 11.3. The van der Waals surface area contributed by atoms with Gasteiger partial charge < -0.3 is 18.8 Å². The summed E-state index contributed by atoms with van der Waals surface area (Å²) >= 11 is 0. The Balaban J connectivity index is 1.47. The Morgan fingerprint density at radius 3 is 2.51 bits per heavy atom. The molecule has 0 bridgehead atoms. The van der Waals surface area contributed by atoms with Crippen molar-refractivity contribution in [1.82, 2.24) is 14.5 Å². The highest BCUT2D eigenvalue weighted by atomic mass is 16.3. The van der Waals surface area contributed by atoms with Crippen LogP contribution in [0.25, 0.3) is 11.0 Å². The van der Waals surface area contributed by atoms with Crippen LogP contribution in [0.3, 0.4) is 0 Å². The Morgan fingerprint density at radius 1 is 1.00 bits per heavy atom. The number of hydrogen-bond donors (Lipinski definition) is 0. The van der Waals surface area contributed by atoms with E-state index in [-0.39, 0.29) is 17.4 Å². The predicted octanol–water partition coefficient (Wildman–Crippen LogP) is 4.66. The lowest BCUT2D eigenvalue weighted by Gasteiger charge is -2.27. The molecule has 2 amide bonds. The topological polar surface area (TPSA) is 91.9 Å². The Bertz CT molecular complexity index is 1690. The number of anilines is 2. The number of fused-ring (bicyclic) bond motifs is 2. The van der Waals surface area contributed by atoms with Crippen LogP contribution in [0.5, 0.6) is 0 Å². The molecule has 0 aliphatic carbocycles. The van der Waals surface area contributed by atoms with Crippen LogP contribution >= 0.6 is 0 Å². The first-order chi connectivity index (χ1) is 19.5. The van der Waals surface area contributed by atoms with Gasteiger partial charge in [-0.15, -0.1) is 0 Å². The number of carbonyl (C=O) groups excluding carboxylic acids is 2. The Kier molecular flexibility index (Phi) is 7.57. The third-order valence-electron chi connectivity index (χ3n) is 8.10. The molecule has 41 heavy (non-hydrogen) atoms. The van der Waals surface area contributed by atoms with Gasteiger partial charge in [-0.2, -0.15) is 0 Å². The quantitative estimate of drug-likeness (QED) is 0.294. The van der Waals surface area contributed by atoms with E-state index >= 15 is 0 Å². The van der Waals surface area contributed by atoms with Crippen molar-refractivity contribution in [3.05, 3.63) is 87.8 Å². The first-order valence-corrected chi connectivity index (χ1v) is 14.0. The fourth-order valence-corrected chi connectivity index (χ4v) is 5.64. The van der Waals surface area contributed by atoms with Crippen molar-refractivity contribution in [3.63, 3.8) is 0 Å². The van der Waals surface area contributed by atoms with Gasteiger partial charge >= 0.3 is 0 Å². The van der Waals surface area contributed by atoms with Crippen LogP contribution in [0.2, 0.25) is 0 Å². The molecule has 3 aromatic heterocycles. The number of nitrogens with zero attached hydrogens (tertiary/aromatic N) is 5. The van der Waals surface area contributed by atoms with Crippen LogP contribution in [-0.4, -0.2) is 46.4 Å². The maximum Gasteiger partial charge on any atom is 0.294 e. The highest BCUT2D eigenvalue weighted by Crippen LogP contribution is 2.39. The largest absolute Gasteiger partial charge is 0.459 e. The molecule has 9 nitrogen and oxygen atoms in total. The number of benzene rings is 1. The van der Waals surface area contributed by atoms with E-state index in [2.05, 4.69) is 16.0 Å². The second kappa shape index (κ2) is 11.0. The molecule has 4 heterocycles. The van der Waals surface area contributed by atoms with Gasteiger partial charge in [0, 0.05) is 63.2 Å². The molecule has 0 spiro atoms. The number of pyridine rings is 2. The highest BCUT2D eigenvalue weighted by molar-refractivity contribution is 6.19. The van der Waals surface area contributed by atoms with Gasteiger partial charge in [-0.1, -0.05) is 12.1 Å². The lowest BCUT2D eigenvalue weighted by atomic mass is 9.90. The van der Waals surface area contributed by atoms with Crippen molar-refractivity contribution in [2.45, 2.75) is 54.3 Å². The molecule has 0 saturated carbocycles. The summed E-state index contributed by atoms with van der Waals surface area (Å²) < 4.78 is 7.20. The number of carbonyl (C=O) groups is 2. The number of aryl methyl sites for hydroxylation is 2. The van der Waals surface area contributed by atoms with Crippen LogP contribution in [0.1, 0.15) is 43.2 Å².